The van der Waals surface area contributed by atoms with Crippen molar-refractivity contribution in [3.8, 4) is 0 Å². The number of hydrogen-bond donors (Lipinski definition) is 1. The molecule has 4 heteroatoms. The van der Waals surface area contributed by atoms with Crippen LogP contribution in [0.5, 0.6) is 0 Å². The van der Waals surface area contributed by atoms with E-state index in [1.54, 1.807) is 0 Å². The van der Waals surface area contributed by atoms with Gasteiger partial charge in [-0.15, -0.1) is 0 Å². The van der Waals surface area contributed by atoms with E-state index >= 15 is 0 Å². The Balaban J connectivity index is 1.58. The number of likely N-dealkylation sites (tertiary alicyclic amines) is 1. The summed E-state index contributed by atoms with van der Waals surface area (Å²) in [4.78, 5) is 15.8. The second-order valence-corrected chi connectivity index (χ2v) is 9.31. The lowest BCUT2D eigenvalue weighted by Gasteiger charge is -2.64. The van der Waals surface area contributed by atoms with Gasteiger partial charge in [-0.3, -0.25) is 4.79 Å². The molecular weight excluding hydrogens is 362 g/mol. The van der Waals surface area contributed by atoms with E-state index in [0.717, 1.165) is 58.0 Å². The van der Waals surface area contributed by atoms with Crippen molar-refractivity contribution in [2.24, 2.45) is 10.8 Å². The number of hydrogen-bond acceptors (Lipinski definition) is 4. The van der Waals surface area contributed by atoms with Crippen molar-refractivity contribution in [1.82, 2.24) is 4.90 Å². The third-order valence-electron chi connectivity index (χ3n) is 7.77. The van der Waals surface area contributed by atoms with E-state index in [-0.39, 0.29) is 11.4 Å². The molecule has 1 saturated carbocycles. The number of rotatable bonds is 6. The molecule has 0 amide bonds. The molecule has 3 aliphatic rings. The van der Waals surface area contributed by atoms with Crippen LogP contribution in [0.15, 0.2) is 42.5 Å². The van der Waals surface area contributed by atoms with E-state index in [9.17, 15) is 9.90 Å². The number of allylic oxidation sites excluding steroid dienone is 1. The number of aryl methyl sites for hydroxylation is 1. The third-order valence-corrected chi connectivity index (χ3v) is 7.77. The lowest BCUT2D eigenvalue weighted by atomic mass is 9.47. The monoisotopic (exact) mass is 397 g/mol. The smallest absolute Gasteiger partial charge is 0.316 e. The van der Waals surface area contributed by atoms with Gasteiger partial charge in [0.15, 0.2) is 0 Å². The number of nitrogens with zero attached hydrogens (tertiary/aromatic N) is 1. The van der Waals surface area contributed by atoms with E-state index in [1.165, 1.54) is 5.56 Å². The minimum atomic E-state index is -0.993. The molecule has 158 valence electrons. The molecule has 1 aromatic rings. The highest BCUT2D eigenvalue weighted by molar-refractivity contribution is 5.80. The predicted molar refractivity (Wildman–Crippen MR) is 114 cm³/mol. The molecule has 3 atom stereocenters. The van der Waals surface area contributed by atoms with Crippen LogP contribution in [0.25, 0.3) is 0 Å². The van der Waals surface area contributed by atoms with Gasteiger partial charge in [0.2, 0.25) is 0 Å². The molecule has 2 fully saturated rings. The lowest BCUT2D eigenvalue weighted by molar-refractivity contribution is -0.250. The summed E-state index contributed by atoms with van der Waals surface area (Å²) < 4.78 is 5.58. The first-order chi connectivity index (χ1) is 14.1. The molecule has 1 aromatic carbocycles. The van der Waals surface area contributed by atoms with Gasteiger partial charge in [-0.1, -0.05) is 48.9 Å². The van der Waals surface area contributed by atoms with Crippen molar-refractivity contribution < 1.29 is 14.6 Å². The van der Waals surface area contributed by atoms with Gasteiger partial charge in [0.25, 0.3) is 0 Å². The Hall–Kier alpha value is -1.65. The van der Waals surface area contributed by atoms with Crippen LogP contribution in [0.1, 0.15) is 57.4 Å². The van der Waals surface area contributed by atoms with Gasteiger partial charge in [-0.25, -0.2) is 0 Å². The number of aliphatic hydroxyl groups is 1. The van der Waals surface area contributed by atoms with Crippen molar-refractivity contribution in [3.63, 3.8) is 0 Å². The highest BCUT2D eigenvalue weighted by Gasteiger charge is 2.70. The Morgan fingerprint density at radius 1 is 1.14 bits per heavy atom. The van der Waals surface area contributed by atoms with Gasteiger partial charge in [-0.05, 0) is 64.0 Å². The maximum Gasteiger partial charge on any atom is 0.316 e. The number of esters is 1. The number of carbonyl (C=O) groups is 1. The molecule has 2 bridgehead atoms. The Bertz CT molecular complexity index is 748. The molecule has 0 aromatic heterocycles. The van der Waals surface area contributed by atoms with E-state index in [2.05, 4.69) is 47.4 Å². The zero-order valence-corrected chi connectivity index (χ0v) is 17.7. The van der Waals surface area contributed by atoms with Crippen molar-refractivity contribution in [1.29, 1.82) is 0 Å². The van der Waals surface area contributed by atoms with Crippen LogP contribution in [0.3, 0.4) is 0 Å². The molecule has 4 rings (SSSR count). The van der Waals surface area contributed by atoms with Gasteiger partial charge in [0.1, 0.15) is 5.41 Å². The average Bonchev–Trinajstić information content (AvgIpc) is 2.88. The summed E-state index contributed by atoms with van der Waals surface area (Å²) in [6.07, 6.45) is 11.6. The summed E-state index contributed by atoms with van der Waals surface area (Å²) in [7, 11) is 0. The van der Waals surface area contributed by atoms with Crippen molar-refractivity contribution >= 4 is 5.97 Å². The van der Waals surface area contributed by atoms with Gasteiger partial charge >= 0.3 is 5.97 Å². The number of piperidine rings is 1. The molecule has 4 nitrogen and oxygen atoms in total. The second-order valence-electron chi connectivity index (χ2n) is 9.31. The SMILES string of the molecule is CCOC(=O)[C@@]12CCC[C@]3(CCC=CC[C@]31O)CN(CCCc1ccccc1)C2. The van der Waals surface area contributed by atoms with Gasteiger partial charge in [0.05, 0.1) is 12.2 Å². The maximum absolute atomic E-state index is 13.3. The zero-order valence-electron chi connectivity index (χ0n) is 17.7. The first-order valence-electron chi connectivity index (χ1n) is 11.4. The summed E-state index contributed by atoms with van der Waals surface area (Å²) in [5, 5.41) is 12.1. The standard InChI is InChI=1S/C25H35NO3/c1-2-29-22(27)24-16-10-15-23(14-7-4-8-17-25(23,24)28)19-26(20-24)18-9-13-21-11-5-3-6-12-21/h3-6,8,11-12,28H,2,7,9-10,13-20H2,1H3/t23-,24+,25+/m1/s1. The molecule has 1 aliphatic heterocycles. The van der Waals surface area contributed by atoms with Gasteiger partial charge in [-0.2, -0.15) is 0 Å². The number of ether oxygens (including phenoxy) is 1. The van der Waals surface area contributed by atoms with Crippen molar-refractivity contribution in [2.75, 3.05) is 26.2 Å². The fraction of sp³-hybridized carbons (Fsp3) is 0.640. The molecule has 0 radical (unpaired) electrons. The highest BCUT2D eigenvalue weighted by Crippen LogP contribution is 2.62. The molecular formula is C25H35NO3. The Morgan fingerprint density at radius 2 is 1.97 bits per heavy atom. The molecule has 29 heavy (non-hydrogen) atoms. The Kier molecular flexibility index (Phi) is 5.85. The third kappa shape index (κ3) is 3.44. The Labute approximate surface area is 174 Å². The first kappa shape index (κ1) is 20.6. The molecule has 0 unspecified atom stereocenters. The molecule has 0 spiro atoms. The second kappa shape index (κ2) is 8.23. The van der Waals surface area contributed by atoms with Crippen LogP contribution in [-0.2, 0) is 16.0 Å². The van der Waals surface area contributed by atoms with Crippen LogP contribution in [0.4, 0.5) is 0 Å². The highest BCUT2D eigenvalue weighted by atomic mass is 16.5. The molecule has 1 N–H and O–H groups in total. The van der Waals surface area contributed by atoms with Crippen molar-refractivity contribution in [3.05, 3.63) is 48.0 Å². The van der Waals surface area contributed by atoms with Gasteiger partial charge < -0.3 is 14.7 Å². The summed E-state index contributed by atoms with van der Waals surface area (Å²) in [5.41, 5.74) is -0.654. The molecule has 1 saturated heterocycles. The summed E-state index contributed by atoms with van der Waals surface area (Å²) in [5.74, 6) is -0.186. The minimum Gasteiger partial charge on any atom is -0.465 e. The van der Waals surface area contributed by atoms with E-state index in [0.29, 0.717) is 19.6 Å². The van der Waals surface area contributed by atoms with E-state index in [4.69, 9.17) is 4.74 Å². The largest absolute Gasteiger partial charge is 0.465 e. The first-order valence-corrected chi connectivity index (χ1v) is 11.4. The number of carbonyl (C=O) groups excluding carboxylic acids is 1. The maximum atomic E-state index is 13.3. The van der Waals surface area contributed by atoms with Crippen LogP contribution >= 0.6 is 0 Å². The zero-order chi connectivity index (χ0) is 20.4. The van der Waals surface area contributed by atoms with Crippen molar-refractivity contribution in [2.45, 2.75) is 63.9 Å². The fourth-order valence-electron chi connectivity index (χ4n) is 6.40. The molecule has 1 heterocycles. The van der Waals surface area contributed by atoms with Gasteiger partial charge in [0, 0.05) is 18.5 Å². The Morgan fingerprint density at radius 3 is 2.76 bits per heavy atom. The number of benzene rings is 1. The fourth-order valence-corrected chi connectivity index (χ4v) is 6.40. The minimum absolute atomic E-state index is 0.186. The van der Waals surface area contributed by atoms with Crippen LogP contribution in [0.2, 0.25) is 0 Å². The molecule has 2 aliphatic carbocycles. The topological polar surface area (TPSA) is 49.8 Å². The van der Waals surface area contributed by atoms with Crippen LogP contribution in [0, 0.1) is 10.8 Å². The summed E-state index contributed by atoms with van der Waals surface area (Å²) >= 11 is 0. The van der Waals surface area contributed by atoms with E-state index < -0.39 is 11.0 Å². The quantitative estimate of drug-likeness (QED) is 0.579. The van der Waals surface area contributed by atoms with Crippen LogP contribution < -0.4 is 0 Å². The normalized spacial score (nSPS) is 34.3. The lowest BCUT2D eigenvalue weighted by Crippen LogP contribution is -2.74. The summed E-state index contributed by atoms with van der Waals surface area (Å²) in [6, 6.07) is 10.6. The van der Waals surface area contributed by atoms with E-state index in [1.807, 2.05) is 6.92 Å². The predicted octanol–water partition coefficient (Wildman–Crippen LogP) is 4.13. The average molecular weight is 398 g/mol. The van der Waals surface area contributed by atoms with Crippen LogP contribution in [-0.4, -0.2) is 47.8 Å². The summed E-state index contributed by atoms with van der Waals surface area (Å²) in [6.45, 7) is 4.70.